The molecule has 5 nitrogen and oxygen atoms in total. The Bertz CT molecular complexity index is 1000. The molecule has 2 aromatic carbocycles. The van der Waals surface area contributed by atoms with E-state index in [1.807, 2.05) is 18.2 Å². The van der Waals surface area contributed by atoms with Gasteiger partial charge in [0.05, 0.1) is 22.9 Å². The summed E-state index contributed by atoms with van der Waals surface area (Å²) >= 11 is 1.66. The van der Waals surface area contributed by atoms with Crippen molar-refractivity contribution >= 4 is 27.2 Å². The van der Waals surface area contributed by atoms with E-state index in [1.165, 1.54) is 5.56 Å². The van der Waals surface area contributed by atoms with Gasteiger partial charge in [-0.3, -0.25) is 4.99 Å². The molecule has 0 bridgehead atoms. The van der Waals surface area contributed by atoms with Crippen molar-refractivity contribution < 1.29 is 4.74 Å². The number of aromatic nitrogens is 1. The number of fused-ring (bicyclic) bond motifs is 1. The predicted octanol–water partition coefficient (Wildman–Crippen LogP) is 6.68. The molecule has 29 heavy (non-hydrogen) atoms. The summed E-state index contributed by atoms with van der Waals surface area (Å²) in [5, 5.41) is 3.73. The molecule has 0 saturated carbocycles. The van der Waals surface area contributed by atoms with E-state index in [1.54, 1.807) is 11.3 Å². The molecular formula is C23H30N4OS. The van der Waals surface area contributed by atoms with Gasteiger partial charge in [0.25, 0.3) is 0 Å². The molecular weight excluding hydrogens is 380 g/mol. The molecule has 6 heteroatoms. The van der Waals surface area contributed by atoms with Crippen molar-refractivity contribution in [2.24, 2.45) is 10.1 Å². The summed E-state index contributed by atoms with van der Waals surface area (Å²) in [7, 11) is 0. The standard InChI is InChI=1S/C23H30N4OS/c1-4-7-13-25-23-27(16-17-11-9-8-10-12-17)20-15-21(28-18(5-2)6-3)19(26-24)14-22(20)29-23/h8-12,14-15,18,24H,4-7,13,16H2,1-3H3. The Morgan fingerprint density at radius 3 is 2.52 bits per heavy atom. The lowest BCUT2D eigenvalue weighted by atomic mass is 10.2. The Kier molecular flexibility index (Phi) is 7.58. The van der Waals surface area contributed by atoms with Crippen LogP contribution in [0.4, 0.5) is 5.69 Å². The SMILES string of the molecule is CCCCN=c1sc2cc(N=N)c(OC(CC)CC)cc2n1Cc1ccccc1. The fourth-order valence-corrected chi connectivity index (χ4v) is 4.34. The molecule has 0 aliphatic carbocycles. The van der Waals surface area contributed by atoms with Crippen LogP contribution in [0.1, 0.15) is 52.0 Å². The number of nitrogens with zero attached hydrogens (tertiary/aromatic N) is 3. The molecule has 0 atom stereocenters. The molecule has 3 rings (SSSR count). The van der Waals surface area contributed by atoms with E-state index in [-0.39, 0.29) is 6.10 Å². The molecule has 0 aliphatic heterocycles. The number of ether oxygens (including phenoxy) is 1. The van der Waals surface area contributed by atoms with Gasteiger partial charge in [-0.15, -0.1) is 0 Å². The number of hydrogen-bond acceptors (Lipinski definition) is 5. The third-order valence-electron chi connectivity index (χ3n) is 5.03. The fraction of sp³-hybridized carbons (Fsp3) is 0.435. The Morgan fingerprint density at radius 2 is 1.86 bits per heavy atom. The van der Waals surface area contributed by atoms with E-state index in [2.05, 4.69) is 54.7 Å². The summed E-state index contributed by atoms with van der Waals surface area (Å²) in [4.78, 5) is 5.88. The van der Waals surface area contributed by atoms with Gasteiger partial charge >= 0.3 is 0 Å². The van der Waals surface area contributed by atoms with Crippen molar-refractivity contribution in [1.82, 2.24) is 4.57 Å². The number of unbranched alkanes of at least 4 members (excludes halogenated alkanes) is 1. The minimum absolute atomic E-state index is 0.128. The number of rotatable bonds is 10. The Balaban J connectivity index is 2.13. The van der Waals surface area contributed by atoms with Crippen LogP contribution in [-0.2, 0) is 6.54 Å². The molecule has 3 aromatic rings. The van der Waals surface area contributed by atoms with Gasteiger partial charge in [0.1, 0.15) is 11.4 Å². The highest BCUT2D eigenvalue weighted by molar-refractivity contribution is 7.16. The maximum absolute atomic E-state index is 7.61. The van der Waals surface area contributed by atoms with Gasteiger partial charge in [0.2, 0.25) is 0 Å². The lowest BCUT2D eigenvalue weighted by Crippen LogP contribution is -2.16. The van der Waals surface area contributed by atoms with E-state index in [9.17, 15) is 0 Å². The van der Waals surface area contributed by atoms with Gasteiger partial charge in [-0.05, 0) is 30.9 Å². The lowest BCUT2D eigenvalue weighted by Gasteiger charge is -2.17. The van der Waals surface area contributed by atoms with E-state index < -0.39 is 0 Å². The van der Waals surface area contributed by atoms with Crippen molar-refractivity contribution in [3.05, 3.63) is 52.8 Å². The average Bonchev–Trinajstić information content (AvgIpc) is 3.08. The highest BCUT2D eigenvalue weighted by atomic mass is 32.1. The maximum Gasteiger partial charge on any atom is 0.186 e. The first-order valence-electron chi connectivity index (χ1n) is 10.5. The van der Waals surface area contributed by atoms with Crippen molar-refractivity contribution in [1.29, 1.82) is 5.53 Å². The van der Waals surface area contributed by atoms with Crippen LogP contribution in [0.5, 0.6) is 5.75 Å². The monoisotopic (exact) mass is 410 g/mol. The lowest BCUT2D eigenvalue weighted by molar-refractivity contribution is 0.194. The molecule has 0 unspecified atom stereocenters. The molecule has 1 heterocycles. The zero-order valence-electron chi connectivity index (χ0n) is 17.5. The van der Waals surface area contributed by atoms with Gasteiger partial charge in [-0.2, -0.15) is 5.11 Å². The highest BCUT2D eigenvalue weighted by Gasteiger charge is 2.15. The molecule has 0 radical (unpaired) electrons. The zero-order valence-corrected chi connectivity index (χ0v) is 18.3. The van der Waals surface area contributed by atoms with Crippen molar-refractivity contribution in [3.8, 4) is 5.75 Å². The normalized spacial score (nSPS) is 12.1. The van der Waals surface area contributed by atoms with Gasteiger partial charge in [-0.1, -0.05) is 68.9 Å². The van der Waals surface area contributed by atoms with Gasteiger partial charge in [0.15, 0.2) is 4.80 Å². The second-order valence-electron chi connectivity index (χ2n) is 7.15. The summed E-state index contributed by atoms with van der Waals surface area (Å²) in [6.45, 7) is 8.00. The number of hydrogen-bond donors (Lipinski definition) is 1. The fourth-order valence-electron chi connectivity index (χ4n) is 3.27. The van der Waals surface area contributed by atoms with Crippen LogP contribution < -0.4 is 9.54 Å². The largest absolute Gasteiger partial charge is 0.488 e. The minimum atomic E-state index is 0.128. The third-order valence-corrected chi connectivity index (χ3v) is 6.11. The second-order valence-corrected chi connectivity index (χ2v) is 8.16. The first-order chi connectivity index (χ1) is 14.2. The van der Waals surface area contributed by atoms with Crippen LogP contribution in [-0.4, -0.2) is 17.2 Å². The van der Waals surface area contributed by atoms with Crippen LogP contribution >= 0.6 is 11.3 Å². The third kappa shape index (κ3) is 5.12. The summed E-state index contributed by atoms with van der Waals surface area (Å²) in [6.07, 6.45) is 4.19. The molecule has 0 saturated heterocycles. The predicted molar refractivity (Wildman–Crippen MR) is 121 cm³/mol. The Morgan fingerprint density at radius 1 is 1.10 bits per heavy atom. The summed E-state index contributed by atoms with van der Waals surface area (Å²) < 4.78 is 9.55. The van der Waals surface area contributed by atoms with E-state index in [4.69, 9.17) is 15.3 Å². The molecule has 1 aromatic heterocycles. The minimum Gasteiger partial charge on any atom is -0.488 e. The van der Waals surface area contributed by atoms with Crippen molar-refractivity contribution in [3.63, 3.8) is 0 Å². The van der Waals surface area contributed by atoms with Crippen LogP contribution in [0, 0.1) is 5.53 Å². The highest BCUT2D eigenvalue weighted by Crippen LogP contribution is 2.35. The average molecular weight is 411 g/mol. The zero-order chi connectivity index (χ0) is 20.6. The number of nitrogens with one attached hydrogen (secondary N) is 1. The van der Waals surface area contributed by atoms with Gasteiger partial charge in [0, 0.05) is 12.6 Å². The quantitative estimate of drug-likeness (QED) is 0.294. The topological polar surface area (TPSA) is 62.7 Å². The van der Waals surface area contributed by atoms with Crippen molar-refractivity contribution in [2.45, 2.75) is 59.1 Å². The first kappa shape index (κ1) is 21.2. The van der Waals surface area contributed by atoms with Crippen molar-refractivity contribution in [2.75, 3.05) is 6.54 Å². The number of benzene rings is 2. The summed E-state index contributed by atoms with van der Waals surface area (Å²) in [6, 6.07) is 14.5. The van der Waals surface area contributed by atoms with Gasteiger partial charge < -0.3 is 9.30 Å². The van der Waals surface area contributed by atoms with Crippen LogP contribution in [0.15, 0.2) is 52.6 Å². The molecule has 1 N–H and O–H groups in total. The maximum atomic E-state index is 7.61. The second kappa shape index (κ2) is 10.3. The van der Waals surface area contributed by atoms with E-state index in [0.29, 0.717) is 11.4 Å². The molecule has 0 aliphatic rings. The van der Waals surface area contributed by atoms with Crippen LogP contribution in [0.2, 0.25) is 0 Å². The van der Waals surface area contributed by atoms with Crippen LogP contribution in [0.25, 0.3) is 10.2 Å². The molecule has 0 fully saturated rings. The number of thiazole rings is 1. The first-order valence-corrected chi connectivity index (χ1v) is 11.3. The van der Waals surface area contributed by atoms with Crippen LogP contribution in [0.3, 0.4) is 0 Å². The molecule has 0 amide bonds. The molecule has 154 valence electrons. The van der Waals surface area contributed by atoms with E-state index >= 15 is 0 Å². The van der Waals surface area contributed by atoms with E-state index in [0.717, 1.165) is 53.8 Å². The summed E-state index contributed by atoms with van der Waals surface area (Å²) in [5.41, 5.74) is 10.5. The Hall–Kier alpha value is -2.47. The molecule has 0 spiro atoms. The smallest absolute Gasteiger partial charge is 0.186 e. The summed E-state index contributed by atoms with van der Waals surface area (Å²) in [5.74, 6) is 0.681. The van der Waals surface area contributed by atoms with Gasteiger partial charge in [-0.25, -0.2) is 5.53 Å². The Labute approximate surface area is 176 Å².